The van der Waals surface area contributed by atoms with Crippen LogP contribution in [0.4, 0.5) is 0 Å². The van der Waals surface area contributed by atoms with Crippen LogP contribution in [0, 0.1) is 11.3 Å². The first-order valence-electron chi connectivity index (χ1n) is 6.17. The van der Waals surface area contributed by atoms with Gasteiger partial charge in [0.2, 0.25) is 0 Å². The van der Waals surface area contributed by atoms with Crippen molar-refractivity contribution in [3.05, 3.63) is 35.4 Å². The molecule has 1 unspecified atom stereocenters. The summed E-state index contributed by atoms with van der Waals surface area (Å²) in [7, 11) is 0. The van der Waals surface area contributed by atoms with Gasteiger partial charge < -0.3 is 0 Å². The Hall–Kier alpha value is -1.62. The van der Waals surface area contributed by atoms with Crippen LogP contribution < -0.4 is 0 Å². The van der Waals surface area contributed by atoms with Gasteiger partial charge in [0.1, 0.15) is 0 Å². The largest absolute Gasteiger partial charge is 0.298 e. The fourth-order valence-corrected chi connectivity index (χ4v) is 1.77. The molecule has 1 aromatic carbocycles. The average molecular weight is 229 g/mol. The van der Waals surface area contributed by atoms with E-state index in [2.05, 4.69) is 19.1 Å². The molecule has 0 saturated carbocycles. The molecule has 0 aliphatic rings. The molecule has 17 heavy (non-hydrogen) atoms. The lowest BCUT2D eigenvalue weighted by Gasteiger charge is -2.09. The molecule has 1 rings (SSSR count). The Morgan fingerprint density at radius 2 is 2.00 bits per heavy atom. The zero-order valence-corrected chi connectivity index (χ0v) is 10.6. The number of carbonyl (C=O) groups is 1. The molecular weight excluding hydrogens is 210 g/mol. The van der Waals surface area contributed by atoms with Crippen LogP contribution >= 0.6 is 0 Å². The summed E-state index contributed by atoms with van der Waals surface area (Å²) in [5.74, 6) is -0.177. The van der Waals surface area contributed by atoms with E-state index in [1.807, 2.05) is 25.1 Å². The van der Waals surface area contributed by atoms with Crippen LogP contribution in [0.15, 0.2) is 24.3 Å². The van der Waals surface area contributed by atoms with Crippen molar-refractivity contribution in [1.29, 1.82) is 5.26 Å². The second-order valence-electron chi connectivity index (χ2n) is 4.37. The van der Waals surface area contributed by atoms with Crippen molar-refractivity contribution in [2.75, 3.05) is 0 Å². The first-order valence-corrected chi connectivity index (χ1v) is 6.17. The van der Waals surface area contributed by atoms with Crippen LogP contribution in [-0.4, -0.2) is 5.78 Å². The van der Waals surface area contributed by atoms with Crippen molar-refractivity contribution in [2.24, 2.45) is 0 Å². The van der Waals surface area contributed by atoms with Gasteiger partial charge in [0.25, 0.3) is 0 Å². The summed E-state index contributed by atoms with van der Waals surface area (Å²) in [5.41, 5.74) is 2.32. The Morgan fingerprint density at radius 3 is 2.53 bits per heavy atom. The minimum atomic E-state index is -0.171. The lowest BCUT2D eigenvalue weighted by molar-refractivity contribution is -0.119. The summed E-state index contributed by atoms with van der Waals surface area (Å²) in [6.07, 6.45) is 3.48. The molecular formula is C15H19NO. The van der Waals surface area contributed by atoms with Crippen molar-refractivity contribution in [1.82, 2.24) is 0 Å². The SMILES string of the molecule is CCCCc1ccc(C(C)C(=O)CC#N)cc1. The van der Waals surface area contributed by atoms with Crippen LogP contribution in [0.25, 0.3) is 0 Å². The van der Waals surface area contributed by atoms with Crippen molar-refractivity contribution in [3.8, 4) is 6.07 Å². The molecule has 0 radical (unpaired) electrons. The van der Waals surface area contributed by atoms with Gasteiger partial charge >= 0.3 is 0 Å². The number of hydrogen-bond donors (Lipinski definition) is 0. The minimum absolute atomic E-state index is 0.00124. The minimum Gasteiger partial charge on any atom is -0.298 e. The number of nitrogens with zero attached hydrogens (tertiary/aromatic N) is 1. The van der Waals surface area contributed by atoms with E-state index in [1.54, 1.807) is 0 Å². The molecule has 0 N–H and O–H groups in total. The number of carbonyl (C=O) groups excluding carboxylic acids is 1. The monoisotopic (exact) mass is 229 g/mol. The molecule has 2 nitrogen and oxygen atoms in total. The summed E-state index contributed by atoms with van der Waals surface area (Å²) in [5, 5.41) is 8.50. The molecule has 2 heteroatoms. The standard InChI is InChI=1S/C15H19NO/c1-3-4-5-13-6-8-14(9-7-13)12(2)15(17)10-11-16/h6-9,12H,3-5,10H2,1-2H3. The van der Waals surface area contributed by atoms with Gasteiger partial charge in [0.05, 0.1) is 12.5 Å². The highest BCUT2D eigenvalue weighted by molar-refractivity contribution is 5.86. The Labute approximate surface area is 103 Å². The van der Waals surface area contributed by atoms with Crippen molar-refractivity contribution < 1.29 is 4.79 Å². The van der Waals surface area contributed by atoms with E-state index in [9.17, 15) is 4.79 Å². The highest BCUT2D eigenvalue weighted by atomic mass is 16.1. The van der Waals surface area contributed by atoms with E-state index >= 15 is 0 Å². The van der Waals surface area contributed by atoms with E-state index in [1.165, 1.54) is 18.4 Å². The number of unbranched alkanes of at least 4 members (excludes halogenated alkanes) is 1. The molecule has 0 aliphatic heterocycles. The van der Waals surface area contributed by atoms with Crippen LogP contribution in [0.5, 0.6) is 0 Å². The van der Waals surface area contributed by atoms with Crippen LogP contribution in [0.1, 0.15) is 50.2 Å². The third kappa shape index (κ3) is 4.03. The predicted molar refractivity (Wildman–Crippen MR) is 68.7 cm³/mol. The number of ketones is 1. The third-order valence-corrected chi connectivity index (χ3v) is 3.03. The Balaban J connectivity index is 2.67. The summed E-state index contributed by atoms with van der Waals surface area (Å²) in [6.45, 7) is 4.04. The van der Waals surface area contributed by atoms with Crippen molar-refractivity contribution >= 4 is 5.78 Å². The number of nitriles is 1. The fourth-order valence-electron chi connectivity index (χ4n) is 1.77. The topological polar surface area (TPSA) is 40.9 Å². The highest BCUT2D eigenvalue weighted by Crippen LogP contribution is 2.18. The van der Waals surface area contributed by atoms with Gasteiger partial charge in [-0.2, -0.15) is 5.26 Å². The number of rotatable bonds is 6. The molecule has 1 atom stereocenters. The van der Waals surface area contributed by atoms with Gasteiger partial charge in [0.15, 0.2) is 5.78 Å². The quantitative estimate of drug-likeness (QED) is 0.747. The van der Waals surface area contributed by atoms with Gasteiger partial charge in [-0.1, -0.05) is 44.5 Å². The number of benzene rings is 1. The third-order valence-electron chi connectivity index (χ3n) is 3.03. The number of hydrogen-bond acceptors (Lipinski definition) is 2. The molecule has 0 aliphatic carbocycles. The molecule has 0 bridgehead atoms. The molecule has 0 fully saturated rings. The van der Waals surface area contributed by atoms with Gasteiger partial charge in [-0.05, 0) is 24.0 Å². The lowest BCUT2D eigenvalue weighted by atomic mass is 9.94. The maximum Gasteiger partial charge on any atom is 0.154 e. The van der Waals surface area contributed by atoms with Gasteiger partial charge in [-0.15, -0.1) is 0 Å². The first-order chi connectivity index (χ1) is 8.19. The normalized spacial score (nSPS) is 11.8. The fraction of sp³-hybridized carbons (Fsp3) is 0.467. The molecule has 90 valence electrons. The van der Waals surface area contributed by atoms with Gasteiger partial charge in [-0.3, -0.25) is 4.79 Å². The molecule has 1 aromatic rings. The van der Waals surface area contributed by atoms with Gasteiger partial charge in [0, 0.05) is 5.92 Å². The summed E-state index contributed by atoms with van der Waals surface area (Å²) in [6, 6.07) is 10.1. The van der Waals surface area contributed by atoms with Crippen LogP contribution in [-0.2, 0) is 11.2 Å². The van der Waals surface area contributed by atoms with Crippen molar-refractivity contribution in [3.63, 3.8) is 0 Å². The average Bonchev–Trinajstić information content (AvgIpc) is 2.36. The zero-order valence-electron chi connectivity index (χ0n) is 10.6. The van der Waals surface area contributed by atoms with E-state index in [0.717, 1.165) is 12.0 Å². The second-order valence-corrected chi connectivity index (χ2v) is 4.37. The maximum atomic E-state index is 11.6. The second kappa shape index (κ2) is 6.85. The maximum absolute atomic E-state index is 11.6. The Morgan fingerprint density at radius 1 is 1.35 bits per heavy atom. The predicted octanol–water partition coefficient (Wildman–Crippen LogP) is 3.62. The van der Waals surface area contributed by atoms with Crippen LogP contribution in [0.3, 0.4) is 0 Å². The van der Waals surface area contributed by atoms with E-state index in [0.29, 0.717) is 0 Å². The molecule has 0 heterocycles. The molecule has 0 spiro atoms. The summed E-state index contributed by atoms with van der Waals surface area (Å²) < 4.78 is 0. The smallest absolute Gasteiger partial charge is 0.154 e. The Bertz CT molecular complexity index is 400. The number of Topliss-reactive ketones (excluding diaryl/α,β-unsaturated/α-hetero) is 1. The molecule has 0 aromatic heterocycles. The molecule has 0 amide bonds. The van der Waals surface area contributed by atoms with Gasteiger partial charge in [-0.25, -0.2) is 0 Å². The molecule has 0 saturated heterocycles. The summed E-state index contributed by atoms with van der Waals surface area (Å²) in [4.78, 5) is 11.6. The highest BCUT2D eigenvalue weighted by Gasteiger charge is 2.14. The lowest BCUT2D eigenvalue weighted by Crippen LogP contribution is -2.07. The zero-order chi connectivity index (χ0) is 12.7. The first kappa shape index (κ1) is 13.4. The van der Waals surface area contributed by atoms with E-state index in [-0.39, 0.29) is 18.1 Å². The van der Waals surface area contributed by atoms with Crippen molar-refractivity contribution in [2.45, 2.75) is 45.4 Å². The van der Waals surface area contributed by atoms with E-state index < -0.39 is 0 Å². The summed E-state index contributed by atoms with van der Waals surface area (Å²) >= 11 is 0. The number of aryl methyl sites for hydroxylation is 1. The van der Waals surface area contributed by atoms with E-state index in [4.69, 9.17) is 5.26 Å². The van der Waals surface area contributed by atoms with Crippen LogP contribution in [0.2, 0.25) is 0 Å². The Kier molecular flexibility index (Phi) is 5.42.